The van der Waals surface area contributed by atoms with E-state index in [2.05, 4.69) is 4.98 Å². The van der Waals surface area contributed by atoms with Gasteiger partial charge >= 0.3 is 0 Å². The number of anilines is 1. The van der Waals surface area contributed by atoms with Crippen LogP contribution >= 0.6 is 11.3 Å². The van der Waals surface area contributed by atoms with Gasteiger partial charge in [-0.1, -0.05) is 23.5 Å². The zero-order chi connectivity index (χ0) is 19.2. The van der Waals surface area contributed by atoms with Crippen LogP contribution in [-0.2, 0) is 16.0 Å². The van der Waals surface area contributed by atoms with Gasteiger partial charge in [0.15, 0.2) is 5.13 Å². The lowest BCUT2D eigenvalue weighted by Crippen LogP contribution is -2.35. The SMILES string of the molecule is COCCN(C(=O)Cc1cc(OC)ccc1OC)c1nc2ccccc2s1. The van der Waals surface area contributed by atoms with Crippen molar-refractivity contribution in [3.8, 4) is 11.5 Å². The van der Waals surface area contributed by atoms with E-state index in [1.807, 2.05) is 36.4 Å². The van der Waals surface area contributed by atoms with Crippen LogP contribution in [0, 0.1) is 0 Å². The molecular weight excluding hydrogens is 364 g/mol. The topological polar surface area (TPSA) is 60.9 Å². The lowest BCUT2D eigenvalue weighted by molar-refractivity contribution is -0.118. The first-order valence-electron chi connectivity index (χ1n) is 8.52. The monoisotopic (exact) mass is 386 g/mol. The summed E-state index contributed by atoms with van der Waals surface area (Å²) in [6.45, 7) is 0.859. The van der Waals surface area contributed by atoms with Crippen LogP contribution < -0.4 is 14.4 Å². The Labute approximate surface area is 162 Å². The van der Waals surface area contributed by atoms with E-state index >= 15 is 0 Å². The lowest BCUT2D eigenvalue weighted by atomic mass is 10.1. The number of nitrogens with zero attached hydrogens (tertiary/aromatic N) is 2. The second-order valence-corrected chi connectivity index (χ2v) is 6.87. The third-order valence-electron chi connectivity index (χ3n) is 4.16. The van der Waals surface area contributed by atoms with Crippen molar-refractivity contribution in [1.29, 1.82) is 0 Å². The molecule has 0 saturated heterocycles. The number of hydrogen-bond acceptors (Lipinski definition) is 6. The number of benzene rings is 2. The van der Waals surface area contributed by atoms with Crippen LogP contribution in [0.5, 0.6) is 11.5 Å². The van der Waals surface area contributed by atoms with E-state index in [9.17, 15) is 4.79 Å². The summed E-state index contributed by atoms with van der Waals surface area (Å²) in [7, 11) is 4.80. The summed E-state index contributed by atoms with van der Waals surface area (Å²) in [4.78, 5) is 19.4. The van der Waals surface area contributed by atoms with Gasteiger partial charge in [-0.05, 0) is 30.3 Å². The second-order valence-electron chi connectivity index (χ2n) is 5.86. The van der Waals surface area contributed by atoms with Gasteiger partial charge in [-0.3, -0.25) is 9.69 Å². The molecule has 1 aromatic heterocycles. The molecule has 0 fully saturated rings. The van der Waals surface area contributed by atoms with Crippen molar-refractivity contribution in [1.82, 2.24) is 4.98 Å². The van der Waals surface area contributed by atoms with Crippen LogP contribution in [-0.4, -0.2) is 45.4 Å². The minimum absolute atomic E-state index is 0.0716. The standard InChI is InChI=1S/C20H22N2O4S/c1-24-11-10-22(20-21-16-6-4-5-7-18(16)27-20)19(23)13-14-12-15(25-2)8-9-17(14)26-3/h4-9,12H,10-11,13H2,1-3H3. The fourth-order valence-corrected chi connectivity index (χ4v) is 3.77. The van der Waals surface area contributed by atoms with Gasteiger partial charge in [0.1, 0.15) is 11.5 Å². The van der Waals surface area contributed by atoms with Gasteiger partial charge in [0.25, 0.3) is 0 Å². The Hall–Kier alpha value is -2.64. The predicted octanol–water partition coefficient (Wildman–Crippen LogP) is 3.54. The normalized spacial score (nSPS) is 10.8. The number of rotatable bonds is 8. The first-order valence-corrected chi connectivity index (χ1v) is 9.33. The van der Waals surface area contributed by atoms with Crippen LogP contribution in [0.15, 0.2) is 42.5 Å². The molecule has 1 heterocycles. The molecule has 0 unspecified atom stereocenters. The van der Waals surface area contributed by atoms with Crippen LogP contribution in [0.3, 0.4) is 0 Å². The fraction of sp³-hybridized carbons (Fsp3) is 0.300. The Bertz CT molecular complexity index is 892. The zero-order valence-corrected chi connectivity index (χ0v) is 16.4. The van der Waals surface area contributed by atoms with Crippen LogP contribution in [0.25, 0.3) is 10.2 Å². The highest BCUT2D eigenvalue weighted by atomic mass is 32.1. The van der Waals surface area contributed by atoms with Crippen molar-refractivity contribution in [3.05, 3.63) is 48.0 Å². The minimum atomic E-state index is -0.0716. The minimum Gasteiger partial charge on any atom is -0.497 e. The van der Waals surface area contributed by atoms with E-state index in [1.165, 1.54) is 11.3 Å². The lowest BCUT2D eigenvalue weighted by Gasteiger charge is -2.20. The van der Waals surface area contributed by atoms with Gasteiger partial charge in [0.05, 0.1) is 44.0 Å². The quantitative estimate of drug-likeness (QED) is 0.593. The molecule has 0 saturated carbocycles. The van der Waals surface area contributed by atoms with E-state index in [0.717, 1.165) is 15.8 Å². The largest absolute Gasteiger partial charge is 0.497 e. The number of aromatic nitrogens is 1. The molecule has 0 bridgehead atoms. The molecule has 7 heteroatoms. The molecule has 6 nitrogen and oxygen atoms in total. The molecule has 0 spiro atoms. The summed E-state index contributed by atoms with van der Waals surface area (Å²) < 4.78 is 16.9. The number of amides is 1. The maximum absolute atomic E-state index is 13.1. The molecule has 0 atom stereocenters. The molecule has 0 aliphatic heterocycles. The van der Waals surface area contributed by atoms with Gasteiger partial charge < -0.3 is 14.2 Å². The van der Waals surface area contributed by atoms with Crippen molar-refractivity contribution in [2.24, 2.45) is 0 Å². The highest BCUT2D eigenvalue weighted by molar-refractivity contribution is 7.22. The first-order chi connectivity index (χ1) is 13.2. The Balaban J connectivity index is 1.89. The highest BCUT2D eigenvalue weighted by Gasteiger charge is 2.21. The number of methoxy groups -OCH3 is 3. The fourth-order valence-electron chi connectivity index (χ4n) is 2.76. The summed E-state index contributed by atoms with van der Waals surface area (Å²) in [5.74, 6) is 1.26. The summed E-state index contributed by atoms with van der Waals surface area (Å²) in [5, 5.41) is 0.667. The predicted molar refractivity (Wildman–Crippen MR) is 107 cm³/mol. The summed E-state index contributed by atoms with van der Waals surface area (Å²) >= 11 is 1.49. The van der Waals surface area contributed by atoms with Crippen LogP contribution in [0.2, 0.25) is 0 Å². The zero-order valence-electron chi connectivity index (χ0n) is 15.6. The van der Waals surface area contributed by atoms with Crippen molar-refractivity contribution < 1.29 is 19.0 Å². The Morgan fingerprint density at radius 1 is 1.11 bits per heavy atom. The molecule has 1 amide bonds. The molecule has 0 aliphatic carbocycles. The number of thiazole rings is 1. The van der Waals surface area contributed by atoms with Gasteiger partial charge in [0.2, 0.25) is 5.91 Å². The number of carbonyl (C=O) groups excluding carboxylic acids is 1. The molecule has 3 rings (SSSR count). The molecule has 27 heavy (non-hydrogen) atoms. The van der Waals surface area contributed by atoms with Gasteiger partial charge in [-0.15, -0.1) is 0 Å². The number of hydrogen-bond donors (Lipinski definition) is 0. The van der Waals surface area contributed by atoms with E-state index in [4.69, 9.17) is 14.2 Å². The average molecular weight is 386 g/mol. The molecule has 0 N–H and O–H groups in total. The molecule has 2 aromatic carbocycles. The van der Waals surface area contributed by atoms with Gasteiger partial charge in [-0.25, -0.2) is 4.98 Å². The number of ether oxygens (including phenoxy) is 3. The number of fused-ring (bicyclic) bond motifs is 1. The second kappa shape index (κ2) is 8.83. The van der Waals surface area contributed by atoms with Crippen molar-refractivity contribution in [3.63, 3.8) is 0 Å². The summed E-state index contributed by atoms with van der Waals surface area (Å²) in [5.41, 5.74) is 1.65. The van der Waals surface area contributed by atoms with Gasteiger partial charge in [-0.2, -0.15) is 0 Å². The van der Waals surface area contributed by atoms with E-state index in [0.29, 0.717) is 29.8 Å². The van der Waals surface area contributed by atoms with E-state index in [1.54, 1.807) is 32.3 Å². The highest BCUT2D eigenvalue weighted by Crippen LogP contribution is 2.30. The first kappa shape index (κ1) is 19.1. The maximum atomic E-state index is 13.1. The van der Waals surface area contributed by atoms with Crippen molar-refractivity contribution >= 4 is 32.6 Å². The van der Waals surface area contributed by atoms with E-state index in [-0.39, 0.29) is 12.3 Å². The Kier molecular flexibility index (Phi) is 6.26. The third kappa shape index (κ3) is 4.37. The Morgan fingerprint density at radius 2 is 1.93 bits per heavy atom. The average Bonchev–Trinajstić information content (AvgIpc) is 3.12. The third-order valence-corrected chi connectivity index (χ3v) is 5.22. The molecule has 3 aromatic rings. The van der Waals surface area contributed by atoms with Crippen LogP contribution in [0.4, 0.5) is 5.13 Å². The number of carbonyl (C=O) groups is 1. The molecule has 0 aliphatic rings. The summed E-state index contributed by atoms with van der Waals surface area (Å²) in [6, 6.07) is 13.3. The molecular formula is C20H22N2O4S. The van der Waals surface area contributed by atoms with Crippen molar-refractivity contribution in [2.45, 2.75) is 6.42 Å². The van der Waals surface area contributed by atoms with Gasteiger partial charge in [0, 0.05) is 12.7 Å². The maximum Gasteiger partial charge on any atom is 0.233 e. The van der Waals surface area contributed by atoms with Crippen LogP contribution in [0.1, 0.15) is 5.56 Å². The summed E-state index contributed by atoms with van der Waals surface area (Å²) in [6.07, 6.45) is 0.181. The smallest absolute Gasteiger partial charge is 0.233 e. The Morgan fingerprint density at radius 3 is 2.63 bits per heavy atom. The van der Waals surface area contributed by atoms with Crippen molar-refractivity contribution in [2.75, 3.05) is 39.4 Å². The molecule has 0 radical (unpaired) electrons. The number of para-hydroxylation sites is 1. The van der Waals surface area contributed by atoms with E-state index < -0.39 is 0 Å². The molecule has 142 valence electrons.